The normalized spacial score (nSPS) is 9.42. The maximum absolute atomic E-state index is 8.52. The molecule has 0 radical (unpaired) electrons. The predicted octanol–water partition coefficient (Wildman–Crippen LogP) is 1.60. The van der Waals surface area contributed by atoms with E-state index in [2.05, 4.69) is 4.84 Å². The zero-order valence-electron chi connectivity index (χ0n) is 6.25. The van der Waals surface area contributed by atoms with Crippen LogP contribution in [0.25, 0.3) is 0 Å². The second-order valence-electron chi connectivity index (χ2n) is 2.23. The minimum Gasteiger partial charge on any atom is -0.300 e. The van der Waals surface area contributed by atoms with Gasteiger partial charge in [0.25, 0.3) is 0 Å². The van der Waals surface area contributed by atoms with Crippen molar-refractivity contribution >= 4 is 11.6 Å². The van der Waals surface area contributed by atoms with Crippen LogP contribution in [0.4, 0.5) is 0 Å². The number of hydrogen-bond donors (Lipinski definition) is 1. The molecule has 0 aliphatic rings. The van der Waals surface area contributed by atoms with Crippen molar-refractivity contribution in [2.45, 2.75) is 6.61 Å². The number of nitriles is 1. The zero-order valence-corrected chi connectivity index (χ0v) is 7.01. The highest BCUT2D eigenvalue weighted by atomic mass is 35.5. The molecule has 0 saturated heterocycles. The number of hydrogen-bond acceptors (Lipinski definition) is 3. The molecule has 0 heterocycles. The zero-order chi connectivity index (χ0) is 8.97. The molecule has 0 fully saturated rings. The van der Waals surface area contributed by atoms with Crippen LogP contribution in [0, 0.1) is 11.3 Å². The van der Waals surface area contributed by atoms with Crippen LogP contribution in [-0.2, 0) is 11.4 Å². The van der Waals surface area contributed by atoms with Gasteiger partial charge in [-0.25, -0.2) is 5.90 Å². The van der Waals surface area contributed by atoms with E-state index in [1.54, 1.807) is 18.2 Å². The first kappa shape index (κ1) is 9.01. The molecule has 1 rings (SSSR count). The highest BCUT2D eigenvalue weighted by Crippen LogP contribution is 2.17. The highest BCUT2D eigenvalue weighted by molar-refractivity contribution is 6.31. The summed E-state index contributed by atoms with van der Waals surface area (Å²) in [4.78, 5) is 4.41. The Morgan fingerprint density at radius 2 is 2.33 bits per heavy atom. The molecule has 0 aliphatic carbocycles. The molecule has 2 N–H and O–H groups in total. The summed E-state index contributed by atoms with van der Waals surface area (Å²) in [5.74, 6) is 4.88. The second kappa shape index (κ2) is 4.07. The van der Waals surface area contributed by atoms with Gasteiger partial charge in [-0.05, 0) is 17.7 Å². The molecule has 3 nitrogen and oxygen atoms in total. The van der Waals surface area contributed by atoms with E-state index in [0.717, 1.165) is 5.56 Å². The van der Waals surface area contributed by atoms with Crippen LogP contribution in [0.5, 0.6) is 0 Å². The minimum atomic E-state index is 0.255. The van der Waals surface area contributed by atoms with Crippen molar-refractivity contribution in [3.8, 4) is 6.07 Å². The van der Waals surface area contributed by atoms with E-state index in [4.69, 9.17) is 22.8 Å². The summed E-state index contributed by atoms with van der Waals surface area (Å²) in [6, 6.07) is 6.94. The lowest BCUT2D eigenvalue weighted by Crippen LogP contribution is -1.99. The molecule has 0 aliphatic heterocycles. The molecule has 0 amide bonds. The van der Waals surface area contributed by atoms with Gasteiger partial charge < -0.3 is 0 Å². The molecule has 1 aromatic rings. The number of rotatable bonds is 2. The summed E-state index contributed by atoms with van der Waals surface area (Å²) in [7, 11) is 0. The summed E-state index contributed by atoms with van der Waals surface area (Å²) in [5.41, 5.74) is 1.30. The first-order chi connectivity index (χ1) is 5.77. The molecule has 62 valence electrons. The van der Waals surface area contributed by atoms with E-state index in [1.165, 1.54) is 0 Å². The van der Waals surface area contributed by atoms with Crippen LogP contribution in [0.3, 0.4) is 0 Å². The fourth-order valence-corrected chi connectivity index (χ4v) is 1.06. The van der Waals surface area contributed by atoms with Crippen LogP contribution in [0.1, 0.15) is 11.1 Å². The molecule has 0 spiro atoms. The van der Waals surface area contributed by atoms with Crippen molar-refractivity contribution in [3.63, 3.8) is 0 Å². The number of benzene rings is 1. The Hall–Kier alpha value is -1.08. The monoisotopic (exact) mass is 182 g/mol. The molecule has 0 unspecified atom stereocenters. The lowest BCUT2D eigenvalue weighted by molar-refractivity contribution is 0.124. The standard InChI is InChI=1S/C8H7ClN2O/c9-8-3-6(4-10)1-2-7(8)5-12-11/h1-3H,5,11H2. The SMILES string of the molecule is N#Cc1ccc(CON)c(Cl)c1. The number of halogens is 1. The Bertz CT molecular complexity index is 319. The van der Waals surface area contributed by atoms with Gasteiger partial charge >= 0.3 is 0 Å². The average Bonchev–Trinajstić information content (AvgIpc) is 2.09. The van der Waals surface area contributed by atoms with E-state index in [-0.39, 0.29) is 6.61 Å². The van der Waals surface area contributed by atoms with Gasteiger partial charge in [0.2, 0.25) is 0 Å². The lowest BCUT2D eigenvalue weighted by Gasteiger charge is -2.01. The van der Waals surface area contributed by atoms with Crippen LogP contribution in [0.15, 0.2) is 18.2 Å². The molecule has 4 heteroatoms. The van der Waals surface area contributed by atoms with Crippen LogP contribution >= 0.6 is 11.6 Å². The van der Waals surface area contributed by atoms with E-state index >= 15 is 0 Å². The smallest absolute Gasteiger partial charge is 0.0992 e. The van der Waals surface area contributed by atoms with E-state index in [0.29, 0.717) is 10.6 Å². The van der Waals surface area contributed by atoms with E-state index in [1.807, 2.05) is 6.07 Å². The fourth-order valence-electron chi connectivity index (χ4n) is 0.824. The molecular formula is C8H7ClN2O. The summed E-state index contributed by atoms with van der Waals surface area (Å²) in [6.45, 7) is 0.255. The van der Waals surface area contributed by atoms with Crippen molar-refractivity contribution < 1.29 is 4.84 Å². The molecule has 1 aromatic carbocycles. The van der Waals surface area contributed by atoms with Gasteiger partial charge in [-0.3, -0.25) is 4.84 Å². The largest absolute Gasteiger partial charge is 0.300 e. The fraction of sp³-hybridized carbons (Fsp3) is 0.125. The van der Waals surface area contributed by atoms with Gasteiger partial charge in [-0.15, -0.1) is 0 Å². The summed E-state index contributed by atoms with van der Waals surface area (Å²) >= 11 is 5.80. The quantitative estimate of drug-likeness (QED) is 0.707. The van der Waals surface area contributed by atoms with Gasteiger partial charge in [0.1, 0.15) is 0 Å². The highest BCUT2D eigenvalue weighted by Gasteiger charge is 2.00. The van der Waals surface area contributed by atoms with Crippen LogP contribution in [-0.4, -0.2) is 0 Å². The van der Waals surface area contributed by atoms with Gasteiger partial charge in [-0.1, -0.05) is 17.7 Å². The Morgan fingerprint density at radius 3 is 2.83 bits per heavy atom. The Kier molecular flexibility index (Phi) is 3.06. The topological polar surface area (TPSA) is 59.0 Å². The molecule has 12 heavy (non-hydrogen) atoms. The van der Waals surface area contributed by atoms with Crippen molar-refractivity contribution in [1.29, 1.82) is 5.26 Å². The minimum absolute atomic E-state index is 0.255. The third-order valence-corrected chi connectivity index (χ3v) is 1.77. The van der Waals surface area contributed by atoms with Gasteiger partial charge in [0.05, 0.1) is 18.2 Å². The number of nitrogens with zero attached hydrogens (tertiary/aromatic N) is 1. The lowest BCUT2D eigenvalue weighted by atomic mass is 10.1. The molecule has 0 bridgehead atoms. The molecule has 0 aromatic heterocycles. The van der Waals surface area contributed by atoms with E-state index in [9.17, 15) is 0 Å². The first-order valence-corrected chi connectivity index (χ1v) is 3.66. The predicted molar refractivity (Wildman–Crippen MR) is 45.1 cm³/mol. The first-order valence-electron chi connectivity index (χ1n) is 3.28. The average molecular weight is 183 g/mol. The Morgan fingerprint density at radius 1 is 1.58 bits per heavy atom. The van der Waals surface area contributed by atoms with Crippen LogP contribution < -0.4 is 5.90 Å². The third kappa shape index (κ3) is 1.95. The van der Waals surface area contributed by atoms with Crippen molar-refractivity contribution in [2.24, 2.45) is 5.90 Å². The van der Waals surface area contributed by atoms with Crippen LogP contribution in [0.2, 0.25) is 5.02 Å². The van der Waals surface area contributed by atoms with Crippen molar-refractivity contribution in [2.75, 3.05) is 0 Å². The van der Waals surface area contributed by atoms with Gasteiger partial charge in [0, 0.05) is 5.02 Å². The summed E-state index contributed by atoms with van der Waals surface area (Å²) in [5, 5.41) is 9.02. The summed E-state index contributed by atoms with van der Waals surface area (Å²) in [6.07, 6.45) is 0. The Labute approximate surface area is 75.3 Å². The Balaban J connectivity index is 2.97. The van der Waals surface area contributed by atoms with Crippen molar-refractivity contribution in [3.05, 3.63) is 34.3 Å². The molecule has 0 atom stereocenters. The molecular weight excluding hydrogens is 176 g/mol. The second-order valence-corrected chi connectivity index (χ2v) is 2.64. The number of nitrogens with two attached hydrogens (primary N) is 1. The maximum atomic E-state index is 8.52. The van der Waals surface area contributed by atoms with E-state index < -0.39 is 0 Å². The summed E-state index contributed by atoms with van der Waals surface area (Å²) < 4.78 is 0. The van der Waals surface area contributed by atoms with Gasteiger partial charge in [-0.2, -0.15) is 5.26 Å². The third-order valence-electron chi connectivity index (χ3n) is 1.42. The maximum Gasteiger partial charge on any atom is 0.0992 e. The van der Waals surface area contributed by atoms with Gasteiger partial charge in [0.15, 0.2) is 0 Å². The van der Waals surface area contributed by atoms with Crippen molar-refractivity contribution in [1.82, 2.24) is 0 Å². The molecule has 0 saturated carbocycles.